The van der Waals surface area contributed by atoms with E-state index in [2.05, 4.69) is 20.6 Å². The largest absolute Gasteiger partial charge is 0.506 e. The van der Waals surface area contributed by atoms with E-state index >= 15 is 0 Å². The van der Waals surface area contributed by atoms with Crippen molar-refractivity contribution >= 4 is 23.3 Å². The molecule has 0 aliphatic rings. The summed E-state index contributed by atoms with van der Waals surface area (Å²) in [6, 6.07) is 21.5. The average molecular weight is 463 g/mol. The molecule has 0 spiro atoms. The monoisotopic (exact) mass is 462 g/mol. The maximum absolute atomic E-state index is 12.0. The minimum Gasteiger partial charge on any atom is -0.506 e. The molecule has 0 bridgehead atoms. The summed E-state index contributed by atoms with van der Waals surface area (Å²) in [6.45, 7) is 0.870. The number of aromatic nitrogens is 2. The molecular formula is C25H23ClN4O3. The number of hydrogen-bond donors (Lipinski definition) is 3. The summed E-state index contributed by atoms with van der Waals surface area (Å²) in [6.07, 6.45) is 6.37. The molecule has 0 unspecified atom stereocenters. The molecule has 0 atom stereocenters. The number of pyridine rings is 2. The third kappa shape index (κ3) is 8.88. The van der Waals surface area contributed by atoms with Gasteiger partial charge in [0.1, 0.15) is 18.1 Å². The number of rotatable bonds is 6. The number of hydrogen-bond acceptors (Lipinski definition) is 5. The van der Waals surface area contributed by atoms with Crippen LogP contribution in [0.4, 0.5) is 10.5 Å². The molecule has 33 heavy (non-hydrogen) atoms. The van der Waals surface area contributed by atoms with Gasteiger partial charge in [-0.3, -0.25) is 9.97 Å². The second kappa shape index (κ2) is 12.7. The maximum atomic E-state index is 12.0. The Morgan fingerprint density at radius 3 is 2.12 bits per heavy atom. The first-order valence-electron chi connectivity index (χ1n) is 10.1. The fourth-order valence-electron chi connectivity index (χ4n) is 2.60. The van der Waals surface area contributed by atoms with Gasteiger partial charge in [-0.1, -0.05) is 35.9 Å². The first-order valence-corrected chi connectivity index (χ1v) is 10.5. The Hall–Kier alpha value is -4.10. The van der Waals surface area contributed by atoms with Gasteiger partial charge in [0.25, 0.3) is 0 Å². The zero-order valence-corrected chi connectivity index (χ0v) is 18.4. The van der Waals surface area contributed by atoms with Crippen LogP contribution in [0.1, 0.15) is 11.1 Å². The van der Waals surface area contributed by atoms with Gasteiger partial charge in [0.05, 0.1) is 12.4 Å². The molecule has 3 N–H and O–H groups in total. The first kappa shape index (κ1) is 23.6. The zero-order chi connectivity index (χ0) is 23.3. The summed E-state index contributed by atoms with van der Waals surface area (Å²) in [5.41, 5.74) is 2.69. The normalized spacial score (nSPS) is 9.85. The van der Waals surface area contributed by atoms with Crippen molar-refractivity contribution in [2.45, 2.75) is 13.2 Å². The minimum atomic E-state index is -0.265. The number of aromatic hydroxyl groups is 1. The van der Waals surface area contributed by atoms with Crippen LogP contribution in [0.2, 0.25) is 5.02 Å². The molecule has 4 rings (SSSR count). The summed E-state index contributed by atoms with van der Waals surface area (Å²) in [5.74, 6) is 0.929. The van der Waals surface area contributed by atoms with Gasteiger partial charge in [0.15, 0.2) is 0 Å². The Balaban J connectivity index is 0.000000374. The van der Waals surface area contributed by atoms with Crippen LogP contribution in [0.15, 0.2) is 97.6 Å². The highest BCUT2D eigenvalue weighted by atomic mass is 35.5. The molecule has 0 fully saturated rings. The Morgan fingerprint density at radius 1 is 0.879 bits per heavy atom. The Morgan fingerprint density at radius 2 is 1.55 bits per heavy atom. The van der Waals surface area contributed by atoms with Crippen molar-refractivity contribution in [2.24, 2.45) is 0 Å². The van der Waals surface area contributed by atoms with Gasteiger partial charge in [-0.25, -0.2) is 4.79 Å². The molecule has 168 valence electrons. The van der Waals surface area contributed by atoms with Gasteiger partial charge in [-0.15, -0.1) is 0 Å². The quantitative estimate of drug-likeness (QED) is 0.355. The third-order valence-corrected chi connectivity index (χ3v) is 4.52. The number of ether oxygens (including phenoxy) is 1. The van der Waals surface area contributed by atoms with Crippen LogP contribution >= 0.6 is 11.6 Å². The van der Waals surface area contributed by atoms with Crippen molar-refractivity contribution in [3.8, 4) is 11.5 Å². The lowest BCUT2D eigenvalue weighted by Gasteiger charge is -2.09. The van der Waals surface area contributed by atoms with Gasteiger partial charge in [0.2, 0.25) is 0 Å². The van der Waals surface area contributed by atoms with E-state index in [4.69, 9.17) is 21.4 Å². The summed E-state index contributed by atoms with van der Waals surface area (Å²) < 4.78 is 5.64. The van der Waals surface area contributed by atoms with E-state index in [0.717, 1.165) is 16.9 Å². The predicted octanol–water partition coefficient (Wildman–Crippen LogP) is 5.42. The Bertz CT molecular complexity index is 1110. The molecule has 2 heterocycles. The molecule has 0 aliphatic heterocycles. The van der Waals surface area contributed by atoms with Crippen molar-refractivity contribution in [2.75, 3.05) is 5.32 Å². The molecular weight excluding hydrogens is 440 g/mol. The second-order valence-electron chi connectivity index (χ2n) is 6.82. The number of anilines is 1. The van der Waals surface area contributed by atoms with Crippen molar-refractivity contribution < 1.29 is 14.6 Å². The lowest BCUT2D eigenvalue weighted by Crippen LogP contribution is -2.28. The van der Waals surface area contributed by atoms with E-state index in [1.54, 1.807) is 42.9 Å². The van der Waals surface area contributed by atoms with Crippen LogP contribution in [-0.2, 0) is 13.2 Å². The Labute approximate surface area is 197 Å². The van der Waals surface area contributed by atoms with Crippen molar-refractivity contribution in [1.82, 2.24) is 15.3 Å². The minimum absolute atomic E-state index is 0.211. The van der Waals surface area contributed by atoms with Gasteiger partial charge >= 0.3 is 6.03 Å². The number of halogens is 1. The number of nitrogens with one attached hydrogen (secondary N) is 2. The molecule has 2 aromatic heterocycles. The average Bonchev–Trinajstić information content (AvgIpc) is 2.85. The molecule has 8 heteroatoms. The van der Waals surface area contributed by atoms with Crippen LogP contribution < -0.4 is 15.4 Å². The van der Waals surface area contributed by atoms with Gasteiger partial charge in [-0.2, -0.15) is 0 Å². The molecule has 0 saturated heterocycles. The van der Waals surface area contributed by atoms with Crippen LogP contribution in [0.5, 0.6) is 11.5 Å². The number of carbonyl (C=O) groups is 1. The fourth-order valence-corrected chi connectivity index (χ4v) is 2.72. The lowest BCUT2D eigenvalue weighted by molar-refractivity contribution is 0.251. The van der Waals surface area contributed by atoms with Crippen molar-refractivity contribution in [3.05, 3.63) is 114 Å². The maximum Gasteiger partial charge on any atom is 0.319 e. The number of benzene rings is 2. The summed E-state index contributed by atoms with van der Waals surface area (Å²) in [4.78, 5) is 19.6. The SMILES string of the molecule is O=C(NCc1ccc(Cl)cc1)Nc1ccc(COc2cccnc2)cc1.Oc1cccnc1. The van der Waals surface area contributed by atoms with Crippen molar-refractivity contribution in [3.63, 3.8) is 0 Å². The van der Waals surface area contributed by atoms with Crippen LogP contribution in [0.25, 0.3) is 0 Å². The van der Waals surface area contributed by atoms with Crippen LogP contribution in [0, 0.1) is 0 Å². The predicted molar refractivity (Wildman–Crippen MR) is 128 cm³/mol. The van der Waals surface area contributed by atoms with E-state index in [0.29, 0.717) is 23.9 Å². The van der Waals surface area contributed by atoms with E-state index in [9.17, 15) is 4.79 Å². The highest BCUT2D eigenvalue weighted by Gasteiger charge is 2.03. The van der Waals surface area contributed by atoms with Gasteiger partial charge in [-0.05, 0) is 59.7 Å². The second-order valence-corrected chi connectivity index (χ2v) is 7.26. The fraction of sp³-hybridized carbons (Fsp3) is 0.0800. The third-order valence-electron chi connectivity index (χ3n) is 4.26. The van der Waals surface area contributed by atoms with E-state index in [-0.39, 0.29) is 11.8 Å². The molecule has 2 amide bonds. The standard InChI is InChI=1S/C20H18ClN3O2.C5H5NO/c21-17-7-3-15(4-8-17)12-23-20(25)24-18-9-5-16(6-10-18)14-26-19-2-1-11-22-13-19;7-5-2-1-3-6-4-5/h1-11,13H,12,14H2,(H2,23,24,25);1-4,7H. The Kier molecular flexibility index (Phi) is 9.05. The van der Waals surface area contributed by atoms with E-state index < -0.39 is 0 Å². The van der Waals surface area contributed by atoms with Gasteiger partial charge < -0.3 is 20.5 Å². The number of urea groups is 1. The molecule has 4 aromatic rings. The zero-order valence-electron chi connectivity index (χ0n) is 17.7. The van der Waals surface area contributed by atoms with Crippen molar-refractivity contribution in [1.29, 1.82) is 0 Å². The van der Waals surface area contributed by atoms with Crippen LogP contribution in [0.3, 0.4) is 0 Å². The molecule has 0 aliphatic carbocycles. The van der Waals surface area contributed by atoms with Gasteiger partial charge in [0, 0.05) is 29.6 Å². The topological polar surface area (TPSA) is 96.4 Å². The molecule has 2 aromatic carbocycles. The molecule has 0 radical (unpaired) electrons. The highest BCUT2D eigenvalue weighted by molar-refractivity contribution is 6.30. The van der Waals surface area contributed by atoms with Crippen LogP contribution in [-0.4, -0.2) is 21.1 Å². The van der Waals surface area contributed by atoms with E-state index in [1.165, 1.54) is 6.20 Å². The molecule has 0 saturated carbocycles. The highest BCUT2D eigenvalue weighted by Crippen LogP contribution is 2.14. The smallest absolute Gasteiger partial charge is 0.319 e. The number of nitrogens with zero attached hydrogens (tertiary/aromatic N) is 2. The molecule has 7 nitrogen and oxygen atoms in total. The summed E-state index contributed by atoms with van der Waals surface area (Å²) in [7, 11) is 0. The van der Waals surface area contributed by atoms with E-state index in [1.807, 2.05) is 48.5 Å². The number of amides is 2. The number of carbonyl (C=O) groups excluding carboxylic acids is 1. The first-order chi connectivity index (χ1) is 16.1. The summed E-state index contributed by atoms with van der Waals surface area (Å²) >= 11 is 5.84. The summed E-state index contributed by atoms with van der Waals surface area (Å²) in [5, 5.41) is 14.8. The lowest BCUT2D eigenvalue weighted by atomic mass is 10.2.